The maximum absolute atomic E-state index is 11.9. The quantitative estimate of drug-likeness (QED) is 0.662. The van der Waals surface area contributed by atoms with Gasteiger partial charge in [0, 0.05) is 12.5 Å². The van der Waals surface area contributed by atoms with E-state index in [1.807, 2.05) is 0 Å². The Morgan fingerprint density at radius 3 is 2.56 bits per heavy atom. The summed E-state index contributed by atoms with van der Waals surface area (Å²) in [7, 11) is -3.29. The van der Waals surface area contributed by atoms with Crippen LogP contribution < -0.4 is 11.1 Å². The Morgan fingerprint density at radius 2 is 1.93 bits per heavy atom. The smallest absolute Gasteiger partial charge is 0.322 e. The van der Waals surface area contributed by atoms with Gasteiger partial charge in [-0.05, 0) is 12.1 Å². The first-order valence-corrected chi connectivity index (χ1v) is 9.52. The number of nitrogens with zero attached hydrogens (tertiary/aromatic N) is 4. The third kappa shape index (κ3) is 3.92. The molecule has 3 aromatic rings. The van der Waals surface area contributed by atoms with Crippen LogP contribution >= 0.6 is 0 Å². The largest absolute Gasteiger partial charge is 0.401 e. The second-order valence-corrected chi connectivity index (χ2v) is 7.79. The SMILES string of the molecule is CCS(=O)(=O)c1ccc(-c2cnc(N)c(-c3nnc(NC(C)=O)o3)n2)cc1. The van der Waals surface area contributed by atoms with Crippen molar-refractivity contribution in [2.24, 2.45) is 0 Å². The van der Waals surface area contributed by atoms with Gasteiger partial charge in [-0.1, -0.05) is 24.2 Å². The van der Waals surface area contributed by atoms with E-state index < -0.39 is 9.84 Å². The van der Waals surface area contributed by atoms with Crippen molar-refractivity contribution in [1.82, 2.24) is 20.2 Å². The number of nitrogens with one attached hydrogen (secondary N) is 1. The Hall–Kier alpha value is -3.34. The van der Waals surface area contributed by atoms with Crippen molar-refractivity contribution in [3.8, 4) is 22.8 Å². The van der Waals surface area contributed by atoms with Gasteiger partial charge in [-0.2, -0.15) is 0 Å². The summed E-state index contributed by atoms with van der Waals surface area (Å²) >= 11 is 0. The van der Waals surface area contributed by atoms with Crippen LogP contribution in [0.1, 0.15) is 13.8 Å². The van der Waals surface area contributed by atoms with Crippen molar-refractivity contribution in [2.75, 3.05) is 16.8 Å². The first-order chi connectivity index (χ1) is 12.8. The van der Waals surface area contributed by atoms with Crippen molar-refractivity contribution >= 4 is 27.6 Å². The van der Waals surface area contributed by atoms with E-state index in [9.17, 15) is 13.2 Å². The summed E-state index contributed by atoms with van der Waals surface area (Å²) in [4.78, 5) is 19.7. The van der Waals surface area contributed by atoms with E-state index in [1.165, 1.54) is 25.3 Å². The summed E-state index contributed by atoms with van der Waals surface area (Å²) in [5.41, 5.74) is 7.08. The standard InChI is InChI=1S/C16H16N6O4S/c1-3-27(24,25)11-6-4-10(5-7-11)12-8-18-14(17)13(20-12)15-21-22-16(26-15)19-9(2)23/h4-8H,3H2,1-2H3,(H2,17,18)(H,19,22,23). The van der Waals surface area contributed by atoms with Crippen molar-refractivity contribution in [2.45, 2.75) is 18.7 Å². The normalized spacial score (nSPS) is 11.3. The minimum atomic E-state index is -3.29. The number of rotatable bonds is 5. The van der Waals surface area contributed by atoms with Crippen LogP contribution in [-0.4, -0.2) is 40.2 Å². The van der Waals surface area contributed by atoms with E-state index in [2.05, 4.69) is 25.5 Å². The molecule has 3 N–H and O–H groups in total. The molecule has 0 aliphatic carbocycles. The lowest BCUT2D eigenvalue weighted by Gasteiger charge is -2.06. The van der Waals surface area contributed by atoms with Gasteiger partial charge in [-0.3, -0.25) is 10.1 Å². The molecular formula is C16H16N6O4S. The van der Waals surface area contributed by atoms with Crippen molar-refractivity contribution in [3.05, 3.63) is 30.5 Å². The third-order valence-corrected chi connectivity index (χ3v) is 5.35. The number of nitrogen functional groups attached to an aromatic ring is 1. The molecule has 2 heterocycles. The number of aromatic nitrogens is 4. The fraction of sp³-hybridized carbons (Fsp3) is 0.188. The van der Waals surface area contributed by atoms with Crippen LogP contribution in [0, 0.1) is 0 Å². The minimum Gasteiger partial charge on any atom is -0.401 e. The Morgan fingerprint density at radius 1 is 1.22 bits per heavy atom. The average molecular weight is 388 g/mol. The first-order valence-electron chi connectivity index (χ1n) is 7.87. The highest BCUT2D eigenvalue weighted by molar-refractivity contribution is 7.91. The molecule has 10 nitrogen and oxygen atoms in total. The van der Waals surface area contributed by atoms with Crippen LogP contribution in [0.2, 0.25) is 0 Å². The van der Waals surface area contributed by atoms with Crippen LogP contribution in [0.25, 0.3) is 22.8 Å². The Kier molecular flexibility index (Phi) is 4.86. The highest BCUT2D eigenvalue weighted by Gasteiger charge is 2.17. The van der Waals surface area contributed by atoms with Gasteiger partial charge in [-0.15, -0.1) is 5.10 Å². The number of hydrogen-bond donors (Lipinski definition) is 2. The highest BCUT2D eigenvalue weighted by atomic mass is 32.2. The molecule has 0 radical (unpaired) electrons. The lowest BCUT2D eigenvalue weighted by Crippen LogP contribution is -2.05. The Balaban J connectivity index is 1.96. The molecule has 0 unspecified atom stereocenters. The second-order valence-electron chi connectivity index (χ2n) is 5.51. The van der Waals surface area contributed by atoms with Gasteiger partial charge in [0.15, 0.2) is 21.3 Å². The van der Waals surface area contributed by atoms with Gasteiger partial charge in [0.05, 0.1) is 22.5 Å². The number of carbonyl (C=O) groups excluding carboxylic acids is 1. The summed E-state index contributed by atoms with van der Waals surface area (Å²) in [5.74, 6) is -0.274. The zero-order chi connectivity index (χ0) is 19.6. The summed E-state index contributed by atoms with van der Waals surface area (Å²) in [6, 6.07) is 6.19. The molecule has 0 aliphatic rings. The number of sulfone groups is 1. The van der Waals surface area contributed by atoms with Gasteiger partial charge in [0.2, 0.25) is 5.91 Å². The predicted molar refractivity (Wildman–Crippen MR) is 97.2 cm³/mol. The summed E-state index contributed by atoms with van der Waals surface area (Å²) in [6.45, 7) is 2.89. The van der Waals surface area contributed by atoms with Gasteiger partial charge >= 0.3 is 6.01 Å². The van der Waals surface area contributed by atoms with E-state index in [0.29, 0.717) is 11.3 Å². The molecule has 1 aromatic carbocycles. The lowest BCUT2D eigenvalue weighted by molar-refractivity contribution is -0.114. The minimum absolute atomic E-state index is 0.00391. The van der Waals surface area contributed by atoms with Crippen molar-refractivity contribution in [1.29, 1.82) is 0 Å². The summed E-state index contributed by atoms with van der Waals surface area (Å²) < 4.78 is 29.1. The summed E-state index contributed by atoms with van der Waals surface area (Å²) in [5, 5.41) is 9.85. The molecule has 1 amide bonds. The highest BCUT2D eigenvalue weighted by Crippen LogP contribution is 2.26. The van der Waals surface area contributed by atoms with Crippen LogP contribution in [0.4, 0.5) is 11.8 Å². The predicted octanol–water partition coefficient (Wildman–Crippen LogP) is 1.53. The number of benzene rings is 1. The molecule has 3 rings (SSSR count). The fourth-order valence-electron chi connectivity index (χ4n) is 2.21. The second kappa shape index (κ2) is 7.11. The molecule has 0 fully saturated rings. The summed E-state index contributed by atoms with van der Waals surface area (Å²) in [6.07, 6.45) is 1.45. The van der Waals surface area contributed by atoms with Crippen molar-refractivity contribution < 1.29 is 17.6 Å². The monoisotopic (exact) mass is 388 g/mol. The molecule has 0 saturated carbocycles. The van der Waals surface area contributed by atoms with Gasteiger partial charge in [0.25, 0.3) is 5.89 Å². The fourth-order valence-corrected chi connectivity index (χ4v) is 3.10. The molecule has 0 aliphatic heterocycles. The molecule has 0 saturated heterocycles. The topological polar surface area (TPSA) is 154 Å². The van der Waals surface area contributed by atoms with E-state index in [0.717, 1.165) is 0 Å². The average Bonchev–Trinajstić information content (AvgIpc) is 3.09. The molecule has 2 aromatic heterocycles. The van der Waals surface area contributed by atoms with Crippen LogP contribution in [-0.2, 0) is 14.6 Å². The Labute approximate surface area is 154 Å². The van der Waals surface area contributed by atoms with Gasteiger partial charge in [0.1, 0.15) is 0 Å². The number of anilines is 2. The van der Waals surface area contributed by atoms with Crippen LogP contribution in [0.5, 0.6) is 0 Å². The lowest BCUT2D eigenvalue weighted by atomic mass is 10.1. The number of carbonyl (C=O) groups is 1. The van der Waals surface area contributed by atoms with E-state index in [4.69, 9.17) is 10.2 Å². The molecule has 11 heteroatoms. The number of hydrogen-bond acceptors (Lipinski definition) is 9. The van der Waals surface area contributed by atoms with E-state index in [1.54, 1.807) is 19.1 Å². The molecule has 0 bridgehead atoms. The zero-order valence-electron chi connectivity index (χ0n) is 14.5. The number of nitrogens with two attached hydrogens (primary N) is 1. The molecule has 0 spiro atoms. The van der Waals surface area contributed by atoms with Crippen LogP contribution in [0.3, 0.4) is 0 Å². The van der Waals surface area contributed by atoms with Gasteiger partial charge in [-0.25, -0.2) is 18.4 Å². The van der Waals surface area contributed by atoms with Gasteiger partial charge < -0.3 is 10.2 Å². The maximum atomic E-state index is 11.9. The Bertz CT molecular complexity index is 1090. The molecule has 0 atom stereocenters. The van der Waals surface area contributed by atoms with Crippen LogP contribution in [0.15, 0.2) is 39.8 Å². The molecule has 140 valence electrons. The molecule has 27 heavy (non-hydrogen) atoms. The first kappa shape index (κ1) is 18.5. The van der Waals surface area contributed by atoms with E-state index >= 15 is 0 Å². The van der Waals surface area contributed by atoms with Crippen molar-refractivity contribution in [3.63, 3.8) is 0 Å². The zero-order valence-corrected chi connectivity index (χ0v) is 15.3. The van der Waals surface area contributed by atoms with E-state index in [-0.39, 0.29) is 40.0 Å². The number of amides is 1. The maximum Gasteiger partial charge on any atom is 0.322 e. The third-order valence-electron chi connectivity index (χ3n) is 3.60. The molecular weight excluding hydrogens is 372 g/mol.